The third kappa shape index (κ3) is 4.85. The van der Waals surface area contributed by atoms with Crippen molar-refractivity contribution in [3.05, 3.63) is 108 Å². The molecule has 7 nitrogen and oxygen atoms in total. The fraction of sp³-hybridized carbons (Fsp3) is 0.207. The van der Waals surface area contributed by atoms with Crippen LogP contribution in [-0.4, -0.2) is 31.2 Å². The zero-order chi connectivity index (χ0) is 27.0. The third-order valence-corrected chi connectivity index (χ3v) is 7.51. The fourth-order valence-corrected chi connectivity index (χ4v) is 5.54. The largest absolute Gasteiger partial charge is 0.463 e. The van der Waals surface area contributed by atoms with Crippen LogP contribution in [0.4, 0.5) is 5.69 Å². The summed E-state index contributed by atoms with van der Waals surface area (Å²) in [6.45, 7) is 3.75. The molecule has 4 aromatic rings. The number of fused-ring (bicyclic) bond motifs is 1. The average Bonchev–Trinajstić information content (AvgIpc) is 3.48. The Balaban J connectivity index is 1.62. The molecule has 3 heterocycles. The second-order valence-electron chi connectivity index (χ2n) is 9.00. The molecule has 9 heteroatoms. The second-order valence-corrected chi connectivity index (χ2v) is 10.4. The maximum Gasteiger partial charge on any atom is 0.338 e. The van der Waals surface area contributed by atoms with Gasteiger partial charge in [0.15, 0.2) is 4.80 Å². The number of allylic oxidation sites excluding steroid dienone is 1. The number of hydrogen-bond donors (Lipinski definition) is 0. The average molecular weight is 548 g/mol. The highest BCUT2D eigenvalue weighted by molar-refractivity contribution is 7.07. The summed E-state index contributed by atoms with van der Waals surface area (Å²) in [4.78, 5) is 33.9. The number of aromatic nitrogens is 1. The number of thiazole rings is 1. The Hall–Kier alpha value is -3.88. The molecule has 1 unspecified atom stereocenters. The lowest BCUT2D eigenvalue weighted by atomic mass is 9.95. The van der Waals surface area contributed by atoms with E-state index >= 15 is 0 Å². The van der Waals surface area contributed by atoms with Crippen molar-refractivity contribution in [2.24, 2.45) is 4.99 Å². The first-order chi connectivity index (χ1) is 18.3. The first kappa shape index (κ1) is 25.8. The van der Waals surface area contributed by atoms with Crippen molar-refractivity contribution in [2.45, 2.75) is 19.9 Å². The number of carbonyl (C=O) groups excluding carboxylic acids is 1. The van der Waals surface area contributed by atoms with Crippen LogP contribution in [0.25, 0.3) is 17.4 Å². The molecule has 2 aromatic carbocycles. The number of benzene rings is 2. The number of rotatable bonds is 6. The van der Waals surface area contributed by atoms with E-state index in [1.165, 1.54) is 11.3 Å². The number of furan rings is 1. The molecule has 2 aromatic heterocycles. The molecular weight excluding hydrogens is 522 g/mol. The van der Waals surface area contributed by atoms with E-state index in [1.54, 1.807) is 36.6 Å². The van der Waals surface area contributed by atoms with Gasteiger partial charge in [0.25, 0.3) is 5.56 Å². The van der Waals surface area contributed by atoms with Gasteiger partial charge in [0.1, 0.15) is 11.5 Å². The maximum absolute atomic E-state index is 13.8. The van der Waals surface area contributed by atoms with E-state index in [9.17, 15) is 9.59 Å². The lowest BCUT2D eigenvalue weighted by Crippen LogP contribution is -2.39. The Kier molecular flexibility index (Phi) is 7.10. The highest BCUT2D eigenvalue weighted by atomic mass is 35.5. The van der Waals surface area contributed by atoms with Crippen molar-refractivity contribution in [2.75, 3.05) is 25.6 Å². The molecule has 1 atom stereocenters. The van der Waals surface area contributed by atoms with Crippen molar-refractivity contribution in [1.29, 1.82) is 0 Å². The molecule has 0 bridgehead atoms. The van der Waals surface area contributed by atoms with E-state index in [0.717, 1.165) is 16.8 Å². The minimum atomic E-state index is -0.662. The minimum absolute atomic E-state index is 0.223. The number of ether oxygens (including phenoxy) is 1. The summed E-state index contributed by atoms with van der Waals surface area (Å²) < 4.78 is 13.4. The van der Waals surface area contributed by atoms with Gasteiger partial charge in [0, 0.05) is 36.4 Å². The highest BCUT2D eigenvalue weighted by Gasteiger charge is 2.33. The van der Waals surface area contributed by atoms with Crippen LogP contribution in [0.1, 0.15) is 31.2 Å². The number of carbonyl (C=O) groups is 1. The smallest absolute Gasteiger partial charge is 0.338 e. The zero-order valence-electron chi connectivity index (χ0n) is 21.4. The summed E-state index contributed by atoms with van der Waals surface area (Å²) in [7, 11) is 3.92. The quantitative estimate of drug-likeness (QED) is 0.325. The first-order valence-electron chi connectivity index (χ1n) is 12.1. The molecule has 1 aliphatic rings. The van der Waals surface area contributed by atoms with E-state index in [4.69, 9.17) is 20.8 Å². The molecule has 0 saturated heterocycles. The lowest BCUT2D eigenvalue weighted by Gasteiger charge is -2.25. The summed E-state index contributed by atoms with van der Waals surface area (Å²) in [5.41, 5.74) is 3.31. The maximum atomic E-state index is 13.8. The zero-order valence-corrected chi connectivity index (χ0v) is 23.0. The minimum Gasteiger partial charge on any atom is -0.463 e. The molecule has 0 amide bonds. The Labute approximate surface area is 228 Å². The molecule has 0 N–H and O–H groups in total. The number of hydrogen-bond acceptors (Lipinski definition) is 7. The topological polar surface area (TPSA) is 77.0 Å². The molecule has 194 valence electrons. The Morgan fingerprint density at radius 2 is 1.84 bits per heavy atom. The van der Waals surface area contributed by atoms with Crippen LogP contribution in [0, 0.1) is 0 Å². The van der Waals surface area contributed by atoms with E-state index in [1.807, 2.05) is 67.5 Å². The van der Waals surface area contributed by atoms with Gasteiger partial charge in [0.05, 0.1) is 28.5 Å². The predicted octanol–water partition coefficient (Wildman–Crippen LogP) is 4.78. The van der Waals surface area contributed by atoms with Crippen LogP contribution in [0.5, 0.6) is 0 Å². The summed E-state index contributed by atoms with van der Waals surface area (Å²) in [6, 6.07) is 18.1. The van der Waals surface area contributed by atoms with Gasteiger partial charge in [0.2, 0.25) is 0 Å². The second kappa shape index (κ2) is 10.5. The molecule has 0 aliphatic carbocycles. The van der Waals surface area contributed by atoms with Crippen LogP contribution in [0.2, 0.25) is 5.02 Å². The summed E-state index contributed by atoms with van der Waals surface area (Å²) >= 11 is 7.26. The molecule has 0 radical (unpaired) electrons. The lowest BCUT2D eigenvalue weighted by molar-refractivity contribution is -0.139. The number of halogens is 1. The Bertz CT molecular complexity index is 1710. The summed E-state index contributed by atoms with van der Waals surface area (Å²) in [5, 5.41) is 0.644. The van der Waals surface area contributed by atoms with Gasteiger partial charge in [-0.1, -0.05) is 35.1 Å². The number of anilines is 1. The molecule has 0 saturated carbocycles. The van der Waals surface area contributed by atoms with Gasteiger partial charge in [-0.05, 0) is 67.9 Å². The van der Waals surface area contributed by atoms with Crippen molar-refractivity contribution < 1.29 is 13.9 Å². The van der Waals surface area contributed by atoms with Crippen molar-refractivity contribution >= 4 is 40.7 Å². The first-order valence-corrected chi connectivity index (χ1v) is 13.3. The third-order valence-electron chi connectivity index (χ3n) is 6.27. The van der Waals surface area contributed by atoms with Crippen LogP contribution in [0.15, 0.2) is 86.1 Å². The molecular formula is C29H26ClN3O4S. The molecule has 1 aliphatic heterocycles. The summed E-state index contributed by atoms with van der Waals surface area (Å²) in [5.74, 6) is 0.719. The SMILES string of the molecule is CCOC(=O)C1=C(C)N=c2s/c(=C\c3ccc(-c4ccc(Cl)cc4)o3)c(=O)n2C1c1ccc(N(C)C)cc1. The van der Waals surface area contributed by atoms with Crippen molar-refractivity contribution in [3.8, 4) is 11.3 Å². The number of nitrogens with zero attached hydrogens (tertiary/aromatic N) is 3. The molecule has 0 spiro atoms. The van der Waals surface area contributed by atoms with Crippen LogP contribution >= 0.6 is 22.9 Å². The van der Waals surface area contributed by atoms with Crippen molar-refractivity contribution in [1.82, 2.24) is 4.57 Å². The van der Waals surface area contributed by atoms with Gasteiger partial charge >= 0.3 is 5.97 Å². The standard InChI is InChI=1S/C29H26ClN3O4S/c1-5-36-28(35)25-17(2)31-29-33(26(25)19-8-12-21(13-9-19)32(3)4)27(34)24(38-29)16-22-14-15-23(37-22)18-6-10-20(30)11-7-18/h6-16,26H,5H2,1-4H3/b24-16-. The van der Waals surface area contributed by atoms with E-state index in [-0.39, 0.29) is 12.2 Å². The fourth-order valence-electron chi connectivity index (χ4n) is 4.39. The predicted molar refractivity (Wildman–Crippen MR) is 150 cm³/mol. The van der Waals surface area contributed by atoms with Crippen LogP contribution < -0.4 is 19.8 Å². The van der Waals surface area contributed by atoms with Gasteiger partial charge < -0.3 is 14.1 Å². The molecule has 0 fully saturated rings. The van der Waals surface area contributed by atoms with Gasteiger partial charge in [-0.3, -0.25) is 9.36 Å². The normalized spacial score (nSPS) is 15.3. The van der Waals surface area contributed by atoms with Gasteiger partial charge in [-0.25, -0.2) is 9.79 Å². The Morgan fingerprint density at radius 3 is 2.50 bits per heavy atom. The van der Waals surface area contributed by atoms with E-state index in [0.29, 0.717) is 37.1 Å². The van der Waals surface area contributed by atoms with Crippen LogP contribution in [-0.2, 0) is 9.53 Å². The monoisotopic (exact) mass is 547 g/mol. The molecule has 5 rings (SSSR count). The van der Waals surface area contributed by atoms with Gasteiger partial charge in [-0.15, -0.1) is 0 Å². The number of esters is 1. The van der Waals surface area contributed by atoms with Crippen molar-refractivity contribution in [3.63, 3.8) is 0 Å². The molecule has 38 heavy (non-hydrogen) atoms. The van der Waals surface area contributed by atoms with E-state index < -0.39 is 12.0 Å². The summed E-state index contributed by atoms with van der Waals surface area (Å²) in [6.07, 6.45) is 1.71. The highest BCUT2D eigenvalue weighted by Crippen LogP contribution is 2.31. The van der Waals surface area contributed by atoms with Gasteiger partial charge in [-0.2, -0.15) is 0 Å². The van der Waals surface area contributed by atoms with Crippen LogP contribution in [0.3, 0.4) is 0 Å². The van der Waals surface area contributed by atoms with E-state index in [2.05, 4.69) is 4.99 Å². The Morgan fingerprint density at radius 1 is 1.13 bits per heavy atom.